The molecule has 4 rings (SSSR count). The zero-order valence-electron chi connectivity index (χ0n) is 21.8. The predicted octanol–water partition coefficient (Wildman–Crippen LogP) is 4.88. The zero-order chi connectivity index (χ0) is 27.1. The van der Waals surface area contributed by atoms with Crippen molar-refractivity contribution in [1.82, 2.24) is 10.3 Å². The normalized spacial score (nSPS) is 15.2. The largest absolute Gasteiger partial charge is 0.486 e. The molecule has 3 N–H and O–H groups in total. The van der Waals surface area contributed by atoms with Gasteiger partial charge in [-0.1, -0.05) is 18.1 Å². The molecule has 8 nitrogen and oxygen atoms in total. The van der Waals surface area contributed by atoms with Crippen molar-refractivity contribution in [3.63, 3.8) is 0 Å². The molecule has 3 aromatic rings. The highest BCUT2D eigenvalue weighted by Crippen LogP contribution is 2.37. The number of amides is 1. The molecule has 194 valence electrons. The van der Waals surface area contributed by atoms with Crippen molar-refractivity contribution in [2.75, 3.05) is 30.4 Å². The van der Waals surface area contributed by atoms with Crippen LogP contribution in [-0.2, 0) is 9.53 Å². The highest BCUT2D eigenvalue weighted by Gasteiger charge is 2.21. The minimum Gasteiger partial charge on any atom is -0.486 e. The Balaban J connectivity index is 1.71. The number of ether oxygens (including phenoxy) is 2. The molecule has 0 spiro atoms. The second kappa shape index (κ2) is 11.8. The van der Waals surface area contributed by atoms with E-state index in [0.29, 0.717) is 58.9 Å². The molecule has 1 atom stereocenters. The van der Waals surface area contributed by atoms with Gasteiger partial charge in [-0.05, 0) is 45.0 Å². The van der Waals surface area contributed by atoms with E-state index in [2.05, 4.69) is 53.7 Å². The maximum absolute atomic E-state index is 12.8. The summed E-state index contributed by atoms with van der Waals surface area (Å²) in [6.07, 6.45) is 11.0. The lowest BCUT2D eigenvalue weighted by molar-refractivity contribution is -0.111. The summed E-state index contributed by atoms with van der Waals surface area (Å²) in [5.74, 6) is 2.81. The number of carbonyl (C=O) groups is 1. The fraction of sp³-hybridized carbons (Fsp3) is 0.300. The Kier molecular flexibility index (Phi) is 8.28. The van der Waals surface area contributed by atoms with Gasteiger partial charge in [-0.3, -0.25) is 9.78 Å². The van der Waals surface area contributed by atoms with E-state index in [-0.39, 0.29) is 17.6 Å². The fourth-order valence-electron chi connectivity index (χ4n) is 3.96. The van der Waals surface area contributed by atoms with E-state index in [1.165, 1.54) is 12.3 Å². The number of aromatic nitrogens is 1. The van der Waals surface area contributed by atoms with Crippen LogP contribution in [0.1, 0.15) is 38.3 Å². The zero-order valence-corrected chi connectivity index (χ0v) is 21.8. The summed E-state index contributed by atoms with van der Waals surface area (Å²) in [5.41, 5.74) is 3.37. The third kappa shape index (κ3) is 6.89. The standard InChI is InChI=1S/C30H31N5O3/c1-5-20-8-6-9-22(14-20)34-29-21(17-31)18-32-25-16-27(38-23-11-13-37-19-23)26(15-24(25)29)35-28(36)10-7-12-33-30(2,3)4/h1,6-10,14-16,18,23,33H,11-13,19H2,2-4H3,(H,32,34)(H,35,36)/b10-7+/t23-/m0/s1. The lowest BCUT2D eigenvalue weighted by Crippen LogP contribution is -2.35. The molecule has 1 aromatic heterocycles. The van der Waals surface area contributed by atoms with Crippen LogP contribution < -0.4 is 20.7 Å². The molecule has 1 amide bonds. The number of nitriles is 1. The van der Waals surface area contributed by atoms with Gasteiger partial charge in [0.1, 0.15) is 17.9 Å². The van der Waals surface area contributed by atoms with Crippen LogP contribution in [0.4, 0.5) is 17.1 Å². The Morgan fingerprint density at radius 3 is 2.87 bits per heavy atom. The van der Waals surface area contributed by atoms with E-state index in [1.54, 1.807) is 18.2 Å². The molecular weight excluding hydrogens is 478 g/mol. The van der Waals surface area contributed by atoms with Crippen LogP contribution in [0.25, 0.3) is 10.9 Å². The average Bonchev–Trinajstić information content (AvgIpc) is 3.40. The topological polar surface area (TPSA) is 108 Å². The lowest BCUT2D eigenvalue weighted by atomic mass is 10.1. The maximum Gasteiger partial charge on any atom is 0.248 e. The van der Waals surface area contributed by atoms with Crippen molar-refractivity contribution >= 4 is 33.9 Å². The number of nitrogens with one attached hydrogen (secondary N) is 3. The van der Waals surface area contributed by atoms with E-state index >= 15 is 0 Å². The SMILES string of the molecule is C#Cc1cccc(Nc2c(C#N)cnc3cc(O[C@H]4CCOC4)c(NC(=O)/C=C/CNC(C)(C)C)cc23)c1. The number of benzene rings is 2. The van der Waals surface area contributed by atoms with Gasteiger partial charge < -0.3 is 25.4 Å². The molecule has 1 aliphatic rings. The average molecular weight is 510 g/mol. The van der Waals surface area contributed by atoms with Crippen molar-refractivity contribution in [2.24, 2.45) is 0 Å². The number of hydrogen-bond acceptors (Lipinski definition) is 7. The van der Waals surface area contributed by atoms with E-state index in [1.807, 2.05) is 24.3 Å². The highest BCUT2D eigenvalue weighted by molar-refractivity contribution is 6.04. The lowest BCUT2D eigenvalue weighted by Gasteiger charge is -2.19. The summed E-state index contributed by atoms with van der Waals surface area (Å²) in [4.78, 5) is 17.3. The number of terminal acetylenes is 1. The Labute approximate surface area is 223 Å². The number of anilines is 3. The number of carbonyl (C=O) groups excluding carboxylic acids is 1. The third-order valence-electron chi connectivity index (χ3n) is 5.85. The van der Waals surface area contributed by atoms with Gasteiger partial charge in [-0.25, -0.2) is 0 Å². The summed E-state index contributed by atoms with van der Waals surface area (Å²) in [7, 11) is 0. The highest BCUT2D eigenvalue weighted by atomic mass is 16.5. The van der Waals surface area contributed by atoms with Crippen molar-refractivity contribution in [1.29, 1.82) is 5.26 Å². The van der Waals surface area contributed by atoms with Crippen LogP contribution >= 0.6 is 0 Å². The monoisotopic (exact) mass is 509 g/mol. The smallest absolute Gasteiger partial charge is 0.248 e. The molecular formula is C30H31N5O3. The minimum absolute atomic E-state index is 0.0574. The summed E-state index contributed by atoms with van der Waals surface area (Å²) in [6, 6.07) is 13.1. The molecule has 1 aliphatic heterocycles. The van der Waals surface area contributed by atoms with E-state index < -0.39 is 0 Å². The van der Waals surface area contributed by atoms with Crippen molar-refractivity contribution in [3.8, 4) is 24.2 Å². The Morgan fingerprint density at radius 1 is 1.32 bits per heavy atom. The summed E-state index contributed by atoms with van der Waals surface area (Å²) in [5, 5.41) is 20.0. The molecule has 8 heteroatoms. The quantitative estimate of drug-likeness (QED) is 0.293. The van der Waals surface area contributed by atoms with Crippen molar-refractivity contribution < 1.29 is 14.3 Å². The molecule has 0 radical (unpaired) electrons. The first kappa shape index (κ1) is 26.7. The Morgan fingerprint density at radius 2 is 2.16 bits per heavy atom. The van der Waals surface area contributed by atoms with Gasteiger partial charge in [-0.15, -0.1) is 6.42 Å². The second-order valence-electron chi connectivity index (χ2n) is 10.0. The van der Waals surface area contributed by atoms with Crippen LogP contribution in [0.5, 0.6) is 5.75 Å². The maximum atomic E-state index is 12.8. The van der Waals surface area contributed by atoms with E-state index in [0.717, 1.165) is 12.1 Å². The van der Waals surface area contributed by atoms with Gasteiger partial charge >= 0.3 is 0 Å². The number of nitrogens with zero attached hydrogens (tertiary/aromatic N) is 2. The predicted molar refractivity (Wildman–Crippen MR) is 149 cm³/mol. The molecule has 1 saturated heterocycles. The molecule has 0 aliphatic carbocycles. The minimum atomic E-state index is -0.298. The second-order valence-corrected chi connectivity index (χ2v) is 10.0. The van der Waals surface area contributed by atoms with E-state index in [9.17, 15) is 10.1 Å². The molecule has 0 unspecified atom stereocenters. The first-order chi connectivity index (χ1) is 18.3. The molecule has 0 saturated carbocycles. The molecule has 38 heavy (non-hydrogen) atoms. The molecule has 0 bridgehead atoms. The first-order valence-electron chi connectivity index (χ1n) is 12.4. The van der Waals surface area contributed by atoms with Crippen LogP contribution in [0, 0.1) is 23.7 Å². The van der Waals surface area contributed by atoms with Crippen molar-refractivity contribution in [2.45, 2.75) is 38.8 Å². The summed E-state index contributed by atoms with van der Waals surface area (Å²) < 4.78 is 11.7. The molecule has 2 heterocycles. The third-order valence-corrected chi connectivity index (χ3v) is 5.85. The van der Waals surface area contributed by atoms with Crippen LogP contribution in [-0.4, -0.2) is 42.3 Å². The Hall–Kier alpha value is -4.37. The summed E-state index contributed by atoms with van der Waals surface area (Å²) >= 11 is 0. The van der Waals surface area contributed by atoms with Gasteiger partial charge in [0.05, 0.1) is 35.7 Å². The fourth-order valence-corrected chi connectivity index (χ4v) is 3.96. The van der Waals surface area contributed by atoms with Crippen molar-refractivity contribution in [3.05, 3.63) is 65.9 Å². The molecule has 2 aromatic carbocycles. The number of pyridine rings is 1. The number of fused-ring (bicyclic) bond motifs is 1. The number of rotatable bonds is 8. The summed E-state index contributed by atoms with van der Waals surface area (Å²) in [6.45, 7) is 7.83. The van der Waals surface area contributed by atoms with Crippen LogP contribution in [0.3, 0.4) is 0 Å². The van der Waals surface area contributed by atoms with Gasteiger partial charge in [-0.2, -0.15) is 5.26 Å². The van der Waals surface area contributed by atoms with Gasteiger partial charge in [0.2, 0.25) is 5.91 Å². The molecule has 1 fully saturated rings. The van der Waals surface area contributed by atoms with Gasteiger partial charge in [0.25, 0.3) is 0 Å². The van der Waals surface area contributed by atoms with Gasteiger partial charge in [0, 0.05) is 53.5 Å². The first-order valence-corrected chi connectivity index (χ1v) is 12.4. The number of hydrogen-bond donors (Lipinski definition) is 3. The Bertz CT molecular complexity index is 1440. The van der Waals surface area contributed by atoms with E-state index in [4.69, 9.17) is 15.9 Å². The van der Waals surface area contributed by atoms with Crippen LogP contribution in [0.15, 0.2) is 54.7 Å². The van der Waals surface area contributed by atoms with Gasteiger partial charge in [0.15, 0.2) is 0 Å². The van der Waals surface area contributed by atoms with Crippen LogP contribution in [0.2, 0.25) is 0 Å².